The summed E-state index contributed by atoms with van der Waals surface area (Å²) in [6.45, 7) is 1.94. The van der Waals surface area contributed by atoms with Gasteiger partial charge in [-0.2, -0.15) is 0 Å². The molecule has 0 saturated carbocycles. The number of carbonyl (C=O) groups is 2. The van der Waals surface area contributed by atoms with Gasteiger partial charge in [-0.1, -0.05) is 12.1 Å². The number of pyridine rings is 1. The molecule has 2 N–H and O–H groups in total. The number of fused-ring (bicyclic) bond motifs is 1. The van der Waals surface area contributed by atoms with Gasteiger partial charge in [0, 0.05) is 12.4 Å². The molecule has 0 bridgehead atoms. The molecule has 0 radical (unpaired) electrons. The number of rotatable bonds is 3. The molecule has 0 atom stereocenters. The number of anilines is 1. The molecule has 1 aromatic carbocycles. The highest BCUT2D eigenvalue weighted by Crippen LogP contribution is 2.16. The Morgan fingerprint density at radius 2 is 2.00 bits per heavy atom. The molecule has 0 fully saturated rings. The Morgan fingerprint density at radius 3 is 2.77 bits per heavy atom. The summed E-state index contributed by atoms with van der Waals surface area (Å²) in [4.78, 5) is 27.7. The largest absolute Gasteiger partial charge is 0.478 e. The van der Waals surface area contributed by atoms with Crippen molar-refractivity contribution in [3.8, 4) is 0 Å². The Balaban J connectivity index is 1.92. The van der Waals surface area contributed by atoms with Crippen molar-refractivity contribution in [2.75, 3.05) is 5.32 Å². The highest BCUT2D eigenvalue weighted by atomic mass is 16.4. The number of carboxylic acids is 1. The van der Waals surface area contributed by atoms with Crippen molar-refractivity contribution >= 4 is 23.2 Å². The SMILES string of the molecule is Cc1ccn2cc(C(=O)Nc3ccccc3C(=O)O)nc2c1. The van der Waals surface area contributed by atoms with Gasteiger partial charge in [0.25, 0.3) is 5.91 Å². The monoisotopic (exact) mass is 295 g/mol. The van der Waals surface area contributed by atoms with E-state index in [1.165, 1.54) is 6.07 Å². The number of imidazole rings is 1. The van der Waals surface area contributed by atoms with Gasteiger partial charge in [0.15, 0.2) is 0 Å². The molecule has 1 amide bonds. The summed E-state index contributed by atoms with van der Waals surface area (Å²) in [6.07, 6.45) is 3.42. The molecule has 22 heavy (non-hydrogen) atoms. The van der Waals surface area contributed by atoms with Crippen LogP contribution in [0.5, 0.6) is 0 Å². The Labute approximate surface area is 126 Å². The van der Waals surface area contributed by atoms with Crippen LogP contribution in [-0.2, 0) is 0 Å². The third kappa shape index (κ3) is 2.54. The predicted molar refractivity (Wildman–Crippen MR) is 81.3 cm³/mol. The Bertz CT molecular complexity index is 883. The molecule has 2 aromatic heterocycles. The second kappa shape index (κ2) is 5.33. The van der Waals surface area contributed by atoms with E-state index in [2.05, 4.69) is 10.3 Å². The zero-order chi connectivity index (χ0) is 15.7. The van der Waals surface area contributed by atoms with Crippen LogP contribution in [0.1, 0.15) is 26.4 Å². The minimum absolute atomic E-state index is 0.0375. The number of hydrogen-bond acceptors (Lipinski definition) is 3. The van der Waals surface area contributed by atoms with Crippen molar-refractivity contribution in [1.82, 2.24) is 9.38 Å². The van der Waals surface area contributed by atoms with E-state index >= 15 is 0 Å². The maximum absolute atomic E-state index is 12.3. The lowest BCUT2D eigenvalue weighted by molar-refractivity contribution is 0.0698. The summed E-state index contributed by atoms with van der Waals surface area (Å²) in [5.41, 5.74) is 2.22. The molecular weight excluding hydrogens is 282 g/mol. The first kappa shape index (κ1) is 13.8. The van der Waals surface area contributed by atoms with Crippen LogP contribution >= 0.6 is 0 Å². The number of hydrogen-bond donors (Lipinski definition) is 2. The molecule has 2 heterocycles. The number of aromatic nitrogens is 2. The van der Waals surface area contributed by atoms with Gasteiger partial charge in [0.05, 0.1) is 11.3 Å². The number of carboxylic acid groups (broad SMARTS) is 1. The molecule has 0 saturated heterocycles. The second-order valence-electron chi connectivity index (χ2n) is 4.90. The first-order valence-electron chi connectivity index (χ1n) is 6.63. The van der Waals surface area contributed by atoms with Crippen LogP contribution in [0, 0.1) is 6.92 Å². The zero-order valence-electron chi connectivity index (χ0n) is 11.8. The minimum atomic E-state index is -1.10. The minimum Gasteiger partial charge on any atom is -0.478 e. The van der Waals surface area contributed by atoms with Gasteiger partial charge in [-0.25, -0.2) is 9.78 Å². The van der Waals surface area contributed by atoms with Crippen molar-refractivity contribution in [2.24, 2.45) is 0 Å². The van der Waals surface area contributed by atoms with Crippen LogP contribution in [0.4, 0.5) is 5.69 Å². The Morgan fingerprint density at radius 1 is 1.23 bits per heavy atom. The topological polar surface area (TPSA) is 83.7 Å². The highest BCUT2D eigenvalue weighted by molar-refractivity contribution is 6.06. The van der Waals surface area contributed by atoms with Crippen molar-refractivity contribution in [2.45, 2.75) is 6.92 Å². The number of benzene rings is 1. The van der Waals surface area contributed by atoms with Crippen molar-refractivity contribution in [1.29, 1.82) is 0 Å². The first-order chi connectivity index (χ1) is 10.5. The summed E-state index contributed by atoms with van der Waals surface area (Å²) < 4.78 is 1.74. The number of para-hydroxylation sites is 1. The van der Waals surface area contributed by atoms with E-state index in [4.69, 9.17) is 5.11 Å². The molecule has 3 rings (SSSR count). The lowest BCUT2D eigenvalue weighted by Crippen LogP contribution is -2.15. The van der Waals surface area contributed by atoms with E-state index in [0.29, 0.717) is 5.65 Å². The van der Waals surface area contributed by atoms with Gasteiger partial charge >= 0.3 is 5.97 Å². The van der Waals surface area contributed by atoms with E-state index < -0.39 is 11.9 Å². The number of amides is 1. The van der Waals surface area contributed by atoms with Gasteiger partial charge in [-0.05, 0) is 36.8 Å². The van der Waals surface area contributed by atoms with Gasteiger partial charge in [-0.15, -0.1) is 0 Å². The normalized spacial score (nSPS) is 10.6. The molecule has 110 valence electrons. The quantitative estimate of drug-likeness (QED) is 0.778. The van der Waals surface area contributed by atoms with Crippen LogP contribution in [0.25, 0.3) is 5.65 Å². The maximum atomic E-state index is 12.3. The second-order valence-corrected chi connectivity index (χ2v) is 4.90. The number of nitrogens with zero attached hydrogens (tertiary/aromatic N) is 2. The Hall–Kier alpha value is -3.15. The smallest absolute Gasteiger partial charge is 0.337 e. The molecule has 6 nitrogen and oxygen atoms in total. The molecule has 0 aliphatic carbocycles. The van der Waals surface area contributed by atoms with Crippen LogP contribution in [0.3, 0.4) is 0 Å². The Kier molecular flexibility index (Phi) is 3.34. The van der Waals surface area contributed by atoms with Crippen LogP contribution in [0.2, 0.25) is 0 Å². The fourth-order valence-electron chi connectivity index (χ4n) is 2.16. The number of carbonyl (C=O) groups excluding carboxylic acids is 1. The predicted octanol–water partition coefficient (Wildman–Crippen LogP) is 2.59. The first-order valence-corrected chi connectivity index (χ1v) is 6.63. The fourth-order valence-corrected chi connectivity index (χ4v) is 2.16. The van der Waals surface area contributed by atoms with E-state index in [1.54, 1.807) is 28.8 Å². The average Bonchev–Trinajstić information content (AvgIpc) is 2.90. The van der Waals surface area contributed by atoms with Crippen LogP contribution in [-0.4, -0.2) is 26.4 Å². The summed E-state index contributed by atoms with van der Waals surface area (Å²) in [7, 11) is 0. The highest BCUT2D eigenvalue weighted by Gasteiger charge is 2.15. The van der Waals surface area contributed by atoms with E-state index in [-0.39, 0.29) is 16.9 Å². The number of nitrogens with one attached hydrogen (secondary N) is 1. The van der Waals surface area contributed by atoms with Crippen molar-refractivity contribution < 1.29 is 14.7 Å². The molecule has 6 heteroatoms. The van der Waals surface area contributed by atoms with Gasteiger partial charge in [0.2, 0.25) is 0 Å². The van der Waals surface area contributed by atoms with Crippen molar-refractivity contribution in [3.05, 3.63) is 65.6 Å². The zero-order valence-corrected chi connectivity index (χ0v) is 11.8. The maximum Gasteiger partial charge on any atom is 0.337 e. The lowest BCUT2D eigenvalue weighted by atomic mass is 10.2. The van der Waals surface area contributed by atoms with Gasteiger partial charge < -0.3 is 14.8 Å². The van der Waals surface area contributed by atoms with Gasteiger partial charge in [0.1, 0.15) is 11.3 Å². The number of aromatic carboxylic acids is 1. The van der Waals surface area contributed by atoms with Gasteiger partial charge in [-0.3, -0.25) is 4.79 Å². The average molecular weight is 295 g/mol. The molecular formula is C16H13N3O3. The summed E-state index contributed by atoms with van der Waals surface area (Å²) >= 11 is 0. The molecule has 0 unspecified atom stereocenters. The summed E-state index contributed by atoms with van der Waals surface area (Å²) in [5.74, 6) is -1.54. The molecule has 3 aromatic rings. The molecule has 0 aliphatic heterocycles. The van der Waals surface area contributed by atoms with Crippen LogP contribution < -0.4 is 5.32 Å². The van der Waals surface area contributed by atoms with E-state index in [0.717, 1.165) is 5.56 Å². The third-order valence-corrected chi connectivity index (χ3v) is 3.25. The van der Waals surface area contributed by atoms with Crippen LogP contribution in [0.15, 0.2) is 48.8 Å². The number of aryl methyl sites for hydroxylation is 1. The molecule has 0 aliphatic rings. The van der Waals surface area contributed by atoms with E-state index in [1.807, 2.05) is 25.3 Å². The standard InChI is InChI=1S/C16H13N3O3/c1-10-6-7-19-9-13(17-14(19)8-10)15(20)18-12-5-3-2-4-11(12)16(21)22/h2-9H,1H3,(H,18,20)(H,21,22). The van der Waals surface area contributed by atoms with Crippen molar-refractivity contribution in [3.63, 3.8) is 0 Å². The van der Waals surface area contributed by atoms with E-state index in [9.17, 15) is 9.59 Å². The lowest BCUT2D eigenvalue weighted by Gasteiger charge is -2.06. The fraction of sp³-hybridized carbons (Fsp3) is 0.0625. The third-order valence-electron chi connectivity index (χ3n) is 3.25. The summed E-state index contributed by atoms with van der Waals surface area (Å²) in [5, 5.41) is 11.7. The summed E-state index contributed by atoms with van der Waals surface area (Å²) in [6, 6.07) is 10.0. The molecule has 0 spiro atoms.